The summed E-state index contributed by atoms with van der Waals surface area (Å²) in [7, 11) is 0. The van der Waals surface area contributed by atoms with Crippen LogP contribution in [0.5, 0.6) is 0 Å². The maximum absolute atomic E-state index is 13.0. The van der Waals surface area contributed by atoms with E-state index in [4.69, 9.17) is 4.52 Å². The molecule has 4 heterocycles. The predicted octanol–water partition coefficient (Wildman–Crippen LogP) is 3.19. The number of nitrogens with zero attached hydrogens (tertiary/aromatic N) is 4. The smallest absolute Gasteiger partial charge is 0.254 e. The molecule has 2 aliphatic rings. The van der Waals surface area contributed by atoms with Crippen molar-refractivity contribution >= 4 is 40.6 Å². The summed E-state index contributed by atoms with van der Waals surface area (Å²) in [5.74, 6) is 1.16. The van der Waals surface area contributed by atoms with E-state index in [2.05, 4.69) is 20.4 Å². The van der Waals surface area contributed by atoms with E-state index in [1.807, 2.05) is 41.5 Å². The molecule has 1 saturated heterocycles. The van der Waals surface area contributed by atoms with Crippen molar-refractivity contribution in [3.8, 4) is 10.7 Å². The minimum Gasteiger partial charge on any atom is -0.338 e. The predicted molar refractivity (Wildman–Crippen MR) is 119 cm³/mol. The number of carbonyl (C=O) groups excluding carboxylic acids is 2. The van der Waals surface area contributed by atoms with Crippen molar-refractivity contribution in [2.75, 3.05) is 31.5 Å². The fourth-order valence-corrected chi connectivity index (χ4v) is 5.23. The van der Waals surface area contributed by atoms with Crippen LogP contribution in [0, 0.1) is 0 Å². The van der Waals surface area contributed by atoms with Gasteiger partial charge in [-0.3, -0.25) is 14.5 Å². The van der Waals surface area contributed by atoms with Crippen LogP contribution in [-0.4, -0.2) is 63.2 Å². The van der Waals surface area contributed by atoms with Gasteiger partial charge >= 0.3 is 0 Å². The Labute approximate surface area is 187 Å². The van der Waals surface area contributed by atoms with Crippen LogP contribution in [0.25, 0.3) is 10.7 Å². The van der Waals surface area contributed by atoms with Crippen molar-refractivity contribution in [3.63, 3.8) is 0 Å². The first-order valence-corrected chi connectivity index (χ1v) is 11.8. The zero-order valence-corrected chi connectivity index (χ0v) is 18.5. The van der Waals surface area contributed by atoms with Gasteiger partial charge in [0, 0.05) is 36.6 Å². The summed E-state index contributed by atoms with van der Waals surface area (Å²) < 4.78 is 5.39. The Morgan fingerprint density at radius 2 is 2.10 bits per heavy atom. The number of hydrogen-bond donors (Lipinski definition) is 1. The molecule has 1 aromatic carbocycles. The van der Waals surface area contributed by atoms with Gasteiger partial charge in [0.2, 0.25) is 17.6 Å². The molecule has 3 aromatic rings. The second-order valence-corrected chi connectivity index (χ2v) is 9.85. The van der Waals surface area contributed by atoms with Gasteiger partial charge in [0.15, 0.2) is 0 Å². The number of thioether (sulfide) groups is 1. The fraction of sp³-hybridized carbons (Fsp3) is 0.333. The lowest BCUT2D eigenvalue weighted by Gasteiger charge is -2.34. The summed E-state index contributed by atoms with van der Waals surface area (Å²) >= 11 is 3.09. The number of amides is 2. The zero-order valence-electron chi connectivity index (χ0n) is 16.9. The fourth-order valence-electron chi connectivity index (χ4n) is 3.65. The molecule has 2 amide bonds. The van der Waals surface area contributed by atoms with Crippen molar-refractivity contribution < 1.29 is 14.1 Å². The number of benzene rings is 1. The molecule has 0 radical (unpaired) electrons. The topological polar surface area (TPSA) is 91.6 Å². The van der Waals surface area contributed by atoms with E-state index in [0.29, 0.717) is 36.9 Å². The summed E-state index contributed by atoms with van der Waals surface area (Å²) in [4.78, 5) is 35.4. The average Bonchev–Trinajstić information content (AvgIpc) is 3.46. The lowest BCUT2D eigenvalue weighted by molar-refractivity contribution is -0.115. The highest BCUT2D eigenvalue weighted by Gasteiger charge is 2.27. The lowest BCUT2D eigenvalue weighted by Crippen LogP contribution is -2.48. The Morgan fingerprint density at radius 3 is 2.87 bits per heavy atom. The van der Waals surface area contributed by atoms with Gasteiger partial charge in [-0.2, -0.15) is 4.98 Å². The summed E-state index contributed by atoms with van der Waals surface area (Å²) in [5.41, 5.74) is 1.32. The molecule has 2 aromatic heterocycles. The largest absolute Gasteiger partial charge is 0.338 e. The van der Waals surface area contributed by atoms with Gasteiger partial charge in [-0.05, 0) is 36.6 Å². The maximum atomic E-state index is 13.0. The molecule has 0 saturated carbocycles. The molecule has 160 valence electrons. The second-order valence-electron chi connectivity index (χ2n) is 7.52. The molecular formula is C21H21N5O3S2. The Hall–Kier alpha value is -2.69. The molecule has 1 atom stereocenters. The molecular weight excluding hydrogens is 434 g/mol. The summed E-state index contributed by atoms with van der Waals surface area (Å²) in [6.07, 6.45) is 0. The number of nitrogens with one attached hydrogen (secondary N) is 1. The van der Waals surface area contributed by atoms with Crippen LogP contribution < -0.4 is 5.32 Å². The number of anilines is 1. The Balaban J connectivity index is 1.18. The summed E-state index contributed by atoms with van der Waals surface area (Å²) in [6, 6.07) is 9.47. The van der Waals surface area contributed by atoms with Crippen molar-refractivity contribution in [1.29, 1.82) is 0 Å². The third-order valence-corrected chi connectivity index (χ3v) is 7.43. The van der Waals surface area contributed by atoms with E-state index < -0.39 is 0 Å². The van der Waals surface area contributed by atoms with Crippen LogP contribution >= 0.6 is 23.1 Å². The Morgan fingerprint density at radius 1 is 1.26 bits per heavy atom. The lowest BCUT2D eigenvalue weighted by atomic mass is 10.1. The standard InChI is InChI=1S/C21H21N5O3S2/c1-13-20(27)22-15-11-14(4-5-16(15)31-13)21(28)26-8-6-25(7-9-26)12-18-23-19(24-29-18)17-3-2-10-30-17/h2-5,10-11,13H,6-9,12H2,1H3,(H,22,27). The third-order valence-electron chi connectivity index (χ3n) is 5.39. The number of aromatic nitrogens is 2. The van der Waals surface area contributed by atoms with Crippen LogP contribution in [-0.2, 0) is 11.3 Å². The van der Waals surface area contributed by atoms with Gasteiger partial charge in [-0.1, -0.05) is 11.2 Å². The molecule has 1 fully saturated rings. The van der Waals surface area contributed by atoms with Gasteiger partial charge in [0.05, 0.1) is 22.4 Å². The van der Waals surface area contributed by atoms with Crippen LogP contribution in [0.4, 0.5) is 5.69 Å². The normalized spacial score (nSPS) is 19.2. The van der Waals surface area contributed by atoms with Crippen LogP contribution in [0.2, 0.25) is 0 Å². The molecule has 8 nitrogen and oxygen atoms in total. The number of carbonyl (C=O) groups is 2. The van der Waals surface area contributed by atoms with Gasteiger partial charge in [0.1, 0.15) is 0 Å². The highest BCUT2D eigenvalue weighted by Crippen LogP contribution is 2.36. The van der Waals surface area contributed by atoms with Gasteiger partial charge in [0.25, 0.3) is 5.91 Å². The molecule has 31 heavy (non-hydrogen) atoms. The SMILES string of the molecule is CC1Sc2ccc(C(=O)N3CCN(Cc4nc(-c5cccs5)no4)CC3)cc2NC1=O. The van der Waals surface area contributed by atoms with Crippen molar-refractivity contribution in [3.05, 3.63) is 47.2 Å². The van der Waals surface area contributed by atoms with Crippen LogP contribution in [0.3, 0.4) is 0 Å². The third kappa shape index (κ3) is 4.23. The van der Waals surface area contributed by atoms with Crippen molar-refractivity contribution in [2.45, 2.75) is 23.6 Å². The average molecular weight is 456 g/mol. The number of hydrogen-bond acceptors (Lipinski definition) is 8. The summed E-state index contributed by atoms with van der Waals surface area (Å²) in [5, 5.41) is 8.81. The van der Waals surface area contributed by atoms with E-state index in [1.165, 1.54) is 11.8 Å². The highest BCUT2D eigenvalue weighted by molar-refractivity contribution is 8.00. The molecule has 0 spiro atoms. The molecule has 2 aliphatic heterocycles. The molecule has 1 unspecified atom stereocenters. The Kier molecular flexibility index (Phi) is 5.51. The van der Waals surface area contributed by atoms with Gasteiger partial charge < -0.3 is 14.7 Å². The minimum absolute atomic E-state index is 0.0157. The van der Waals surface area contributed by atoms with E-state index in [-0.39, 0.29) is 17.1 Å². The number of thiophene rings is 1. The van der Waals surface area contributed by atoms with Crippen LogP contribution in [0.1, 0.15) is 23.2 Å². The van der Waals surface area contributed by atoms with E-state index in [0.717, 1.165) is 28.5 Å². The number of fused-ring (bicyclic) bond motifs is 1. The number of piperazine rings is 1. The number of rotatable bonds is 4. The zero-order chi connectivity index (χ0) is 21.4. The molecule has 0 aliphatic carbocycles. The monoisotopic (exact) mass is 455 g/mol. The first kappa shape index (κ1) is 20.2. The molecule has 1 N–H and O–H groups in total. The van der Waals surface area contributed by atoms with Crippen molar-refractivity contribution in [1.82, 2.24) is 19.9 Å². The molecule has 10 heteroatoms. The first-order valence-electron chi connectivity index (χ1n) is 10.1. The Bertz CT molecular complexity index is 1110. The first-order chi connectivity index (χ1) is 15.1. The minimum atomic E-state index is -0.123. The van der Waals surface area contributed by atoms with E-state index >= 15 is 0 Å². The second kappa shape index (κ2) is 8.45. The summed E-state index contributed by atoms with van der Waals surface area (Å²) in [6.45, 7) is 5.16. The maximum Gasteiger partial charge on any atom is 0.254 e. The van der Waals surface area contributed by atoms with Gasteiger partial charge in [-0.25, -0.2) is 0 Å². The van der Waals surface area contributed by atoms with Crippen LogP contribution in [0.15, 0.2) is 45.1 Å². The van der Waals surface area contributed by atoms with E-state index in [1.54, 1.807) is 17.4 Å². The molecule has 0 bridgehead atoms. The van der Waals surface area contributed by atoms with Gasteiger partial charge in [-0.15, -0.1) is 23.1 Å². The van der Waals surface area contributed by atoms with E-state index in [9.17, 15) is 9.59 Å². The van der Waals surface area contributed by atoms with Crippen molar-refractivity contribution in [2.24, 2.45) is 0 Å². The quantitative estimate of drug-likeness (QED) is 0.646. The molecule has 5 rings (SSSR count). The highest BCUT2D eigenvalue weighted by atomic mass is 32.2.